The Balaban J connectivity index is 2.29. The Bertz CT molecular complexity index is 695. The quantitative estimate of drug-likeness (QED) is 0.486. The second-order valence-electron chi connectivity index (χ2n) is 3.87. The van der Waals surface area contributed by atoms with Crippen LogP contribution in [0.15, 0.2) is 42.0 Å². The first-order chi connectivity index (χ1) is 9.63. The highest BCUT2D eigenvalue weighted by atomic mass is 35.5. The summed E-state index contributed by atoms with van der Waals surface area (Å²) in [4.78, 5) is 13.2. The van der Waals surface area contributed by atoms with E-state index in [0.29, 0.717) is 5.02 Å². The molecule has 0 amide bonds. The van der Waals surface area contributed by atoms with Crippen LogP contribution in [0.5, 0.6) is 0 Å². The minimum atomic E-state index is -0.631. The van der Waals surface area contributed by atoms with Crippen LogP contribution in [0.3, 0.4) is 0 Å². The predicted octanol–water partition coefficient (Wildman–Crippen LogP) is 4.15. The Morgan fingerprint density at radius 2 is 2.00 bits per heavy atom. The zero-order chi connectivity index (χ0) is 14.5. The summed E-state index contributed by atoms with van der Waals surface area (Å²) in [7, 11) is 1.25. The number of nitrogens with zero attached hydrogens (tertiary/aromatic N) is 1. The number of hydrogen-bond donors (Lipinski definition) is 0. The Kier molecular flexibility index (Phi) is 4.57. The van der Waals surface area contributed by atoms with Gasteiger partial charge in [-0.1, -0.05) is 23.7 Å². The summed E-state index contributed by atoms with van der Waals surface area (Å²) in [6.07, 6.45) is 1.52. The first kappa shape index (κ1) is 14.3. The molecule has 20 heavy (non-hydrogen) atoms. The molecule has 0 fully saturated rings. The van der Waals surface area contributed by atoms with Gasteiger partial charge in [0.1, 0.15) is 11.6 Å². The summed E-state index contributed by atoms with van der Waals surface area (Å²) in [6, 6.07) is 13.1. The van der Waals surface area contributed by atoms with Gasteiger partial charge in [0.05, 0.1) is 7.11 Å². The first-order valence-electron chi connectivity index (χ1n) is 5.70. The van der Waals surface area contributed by atoms with Crippen LogP contribution in [0.2, 0.25) is 5.02 Å². The maximum Gasteiger partial charge on any atom is 0.348 e. The van der Waals surface area contributed by atoms with Crippen LogP contribution in [0.1, 0.15) is 4.88 Å². The molecule has 0 aliphatic rings. The summed E-state index contributed by atoms with van der Waals surface area (Å²) in [5.74, 6) is -0.631. The van der Waals surface area contributed by atoms with Crippen LogP contribution in [-0.4, -0.2) is 13.1 Å². The molecule has 0 unspecified atom stereocenters. The minimum Gasteiger partial charge on any atom is -0.465 e. The number of rotatable bonds is 3. The van der Waals surface area contributed by atoms with Crippen molar-refractivity contribution in [3.05, 3.63) is 51.9 Å². The largest absolute Gasteiger partial charge is 0.465 e. The second-order valence-corrected chi connectivity index (χ2v) is 5.42. The SMILES string of the molecule is COC(=O)/C(C#N)=C/c1ccc(-c2ccc(Cl)cc2)s1. The van der Waals surface area contributed by atoms with E-state index < -0.39 is 5.97 Å². The lowest BCUT2D eigenvalue weighted by molar-refractivity contribution is -0.135. The summed E-state index contributed by atoms with van der Waals surface area (Å²) in [5, 5.41) is 9.60. The standard InChI is InChI=1S/C15H10ClNO2S/c1-19-15(18)11(9-17)8-13-6-7-14(20-13)10-2-4-12(16)5-3-10/h2-8H,1H3/b11-8+. The zero-order valence-electron chi connectivity index (χ0n) is 10.6. The fourth-order valence-electron chi connectivity index (χ4n) is 1.59. The normalized spacial score (nSPS) is 10.9. The van der Waals surface area contributed by atoms with Crippen molar-refractivity contribution < 1.29 is 9.53 Å². The average molecular weight is 304 g/mol. The van der Waals surface area contributed by atoms with E-state index in [2.05, 4.69) is 4.74 Å². The van der Waals surface area contributed by atoms with Crippen molar-refractivity contribution in [2.45, 2.75) is 0 Å². The number of carbonyl (C=O) groups is 1. The summed E-state index contributed by atoms with van der Waals surface area (Å²) in [6.45, 7) is 0. The number of methoxy groups -OCH3 is 1. The van der Waals surface area contributed by atoms with Gasteiger partial charge in [-0.25, -0.2) is 4.79 Å². The Labute approximate surface area is 125 Å². The lowest BCUT2D eigenvalue weighted by atomic mass is 10.2. The molecule has 100 valence electrons. The Hall–Kier alpha value is -2.09. The van der Waals surface area contributed by atoms with Crippen LogP contribution < -0.4 is 0 Å². The number of nitriles is 1. The first-order valence-corrected chi connectivity index (χ1v) is 6.89. The molecule has 2 aromatic rings. The number of halogens is 1. The van der Waals surface area contributed by atoms with Crippen molar-refractivity contribution >= 4 is 35.0 Å². The third-order valence-electron chi connectivity index (χ3n) is 2.57. The number of hydrogen-bond acceptors (Lipinski definition) is 4. The van der Waals surface area contributed by atoms with Gasteiger partial charge in [0.25, 0.3) is 0 Å². The van der Waals surface area contributed by atoms with Gasteiger partial charge in [-0.15, -0.1) is 11.3 Å². The number of ether oxygens (including phenoxy) is 1. The molecule has 0 radical (unpaired) electrons. The monoisotopic (exact) mass is 303 g/mol. The third kappa shape index (κ3) is 3.27. The molecule has 0 aliphatic carbocycles. The van der Waals surface area contributed by atoms with Crippen LogP contribution in [0, 0.1) is 11.3 Å². The van der Waals surface area contributed by atoms with E-state index in [4.69, 9.17) is 16.9 Å². The lowest BCUT2D eigenvalue weighted by Gasteiger charge is -1.97. The van der Waals surface area contributed by atoms with Gasteiger partial charge in [-0.05, 0) is 35.9 Å². The molecule has 0 saturated heterocycles. The van der Waals surface area contributed by atoms with Gasteiger partial charge in [-0.2, -0.15) is 5.26 Å². The second kappa shape index (κ2) is 6.38. The topological polar surface area (TPSA) is 50.1 Å². The minimum absolute atomic E-state index is 0.0167. The van der Waals surface area contributed by atoms with Crippen molar-refractivity contribution in [2.75, 3.05) is 7.11 Å². The predicted molar refractivity (Wildman–Crippen MR) is 80.4 cm³/mol. The van der Waals surface area contributed by atoms with E-state index in [1.165, 1.54) is 24.5 Å². The molecule has 3 nitrogen and oxygen atoms in total. The van der Waals surface area contributed by atoms with Gasteiger partial charge in [0.15, 0.2) is 0 Å². The van der Waals surface area contributed by atoms with Gasteiger partial charge >= 0.3 is 5.97 Å². The van der Waals surface area contributed by atoms with E-state index in [1.54, 1.807) is 0 Å². The Morgan fingerprint density at radius 1 is 1.30 bits per heavy atom. The van der Waals surface area contributed by atoms with E-state index >= 15 is 0 Å². The van der Waals surface area contributed by atoms with Crippen molar-refractivity contribution in [3.8, 4) is 16.5 Å². The molecule has 0 N–H and O–H groups in total. The van der Waals surface area contributed by atoms with E-state index in [1.807, 2.05) is 42.5 Å². The van der Waals surface area contributed by atoms with Gasteiger partial charge in [0, 0.05) is 14.8 Å². The fourth-order valence-corrected chi connectivity index (χ4v) is 2.67. The van der Waals surface area contributed by atoms with Crippen LogP contribution in [0.25, 0.3) is 16.5 Å². The van der Waals surface area contributed by atoms with Crippen molar-refractivity contribution in [2.24, 2.45) is 0 Å². The molecular weight excluding hydrogens is 294 g/mol. The lowest BCUT2D eigenvalue weighted by Crippen LogP contribution is -2.02. The number of esters is 1. The molecule has 0 saturated carbocycles. The molecule has 1 heterocycles. The van der Waals surface area contributed by atoms with E-state index in [9.17, 15) is 4.79 Å². The molecule has 1 aromatic heterocycles. The maximum atomic E-state index is 11.3. The molecule has 0 spiro atoms. The molecule has 1 aromatic carbocycles. The highest BCUT2D eigenvalue weighted by Gasteiger charge is 2.09. The van der Waals surface area contributed by atoms with Crippen LogP contribution in [-0.2, 0) is 9.53 Å². The summed E-state index contributed by atoms with van der Waals surface area (Å²) >= 11 is 7.33. The zero-order valence-corrected chi connectivity index (χ0v) is 12.2. The van der Waals surface area contributed by atoms with Crippen molar-refractivity contribution in [1.29, 1.82) is 5.26 Å². The molecule has 2 rings (SSSR count). The molecule has 0 atom stereocenters. The average Bonchev–Trinajstić information content (AvgIpc) is 2.93. The molecule has 5 heteroatoms. The Morgan fingerprint density at radius 3 is 2.60 bits per heavy atom. The highest BCUT2D eigenvalue weighted by Crippen LogP contribution is 2.30. The number of thiophene rings is 1. The van der Waals surface area contributed by atoms with Crippen LogP contribution in [0.4, 0.5) is 0 Å². The van der Waals surface area contributed by atoms with Crippen LogP contribution >= 0.6 is 22.9 Å². The van der Waals surface area contributed by atoms with E-state index in [0.717, 1.165) is 15.3 Å². The molecule has 0 bridgehead atoms. The van der Waals surface area contributed by atoms with E-state index in [-0.39, 0.29) is 5.57 Å². The third-order valence-corrected chi connectivity index (χ3v) is 3.90. The van der Waals surface area contributed by atoms with Gasteiger partial charge in [0.2, 0.25) is 0 Å². The number of benzene rings is 1. The van der Waals surface area contributed by atoms with Gasteiger partial charge < -0.3 is 4.74 Å². The van der Waals surface area contributed by atoms with Crippen molar-refractivity contribution in [3.63, 3.8) is 0 Å². The highest BCUT2D eigenvalue weighted by molar-refractivity contribution is 7.16. The summed E-state index contributed by atoms with van der Waals surface area (Å²) < 4.78 is 4.54. The maximum absolute atomic E-state index is 11.3. The smallest absolute Gasteiger partial charge is 0.348 e. The van der Waals surface area contributed by atoms with Crippen molar-refractivity contribution in [1.82, 2.24) is 0 Å². The summed E-state index contributed by atoms with van der Waals surface area (Å²) in [5.41, 5.74) is 1.02. The molecule has 0 aliphatic heterocycles. The van der Waals surface area contributed by atoms with Gasteiger partial charge in [-0.3, -0.25) is 0 Å². The number of carbonyl (C=O) groups excluding carboxylic acids is 1. The fraction of sp³-hybridized carbons (Fsp3) is 0.0667. The molecular formula is C15H10ClNO2S.